The molecule has 0 aromatic rings. The summed E-state index contributed by atoms with van der Waals surface area (Å²) < 4.78 is 0.916. The van der Waals surface area contributed by atoms with Crippen molar-refractivity contribution >= 4 is 5.91 Å². The number of carbonyl (C=O) groups is 1. The van der Waals surface area contributed by atoms with E-state index in [0.29, 0.717) is 6.42 Å². The molecule has 0 radical (unpaired) electrons. The summed E-state index contributed by atoms with van der Waals surface area (Å²) in [4.78, 5) is 12.7. The van der Waals surface area contributed by atoms with E-state index in [4.69, 9.17) is 0 Å². The molecule has 1 amide bonds. The molecule has 0 heterocycles. The average Bonchev–Trinajstić information content (AvgIpc) is 3.01. The molecule has 0 saturated heterocycles. The summed E-state index contributed by atoms with van der Waals surface area (Å²) in [7, 11) is 4.63. The van der Waals surface area contributed by atoms with Gasteiger partial charge >= 0.3 is 0 Å². The Morgan fingerprint density at radius 3 is 1.00 bits per heavy atom. The van der Waals surface area contributed by atoms with Gasteiger partial charge < -0.3 is 9.80 Å². The molecule has 0 aliphatic rings. The van der Waals surface area contributed by atoms with E-state index < -0.39 is 0 Å². The van der Waals surface area contributed by atoms with Crippen molar-refractivity contribution in [1.82, 2.24) is 5.32 Å². The topological polar surface area (TPSA) is 29.1 Å². The predicted octanol–water partition coefficient (Wildman–Crippen LogP) is 13.4. The van der Waals surface area contributed by atoms with Crippen LogP contribution in [0.2, 0.25) is 0 Å². The van der Waals surface area contributed by atoms with Gasteiger partial charge in [-0.2, -0.15) is 0 Å². The molecule has 0 aromatic heterocycles. The minimum Gasteiger partial charge on any atom is -0.309 e. The van der Waals surface area contributed by atoms with Crippen molar-refractivity contribution in [3.63, 3.8) is 0 Å². The SMILES string of the molecule is CCCCCCCCCCCCCCCCCC[N+](C)(C)C(CC)NC(=O)CCCCCCCCCCCCCCCCC. The summed E-state index contributed by atoms with van der Waals surface area (Å²) in [5.74, 6) is 0.268. The highest BCUT2D eigenvalue weighted by Gasteiger charge is 2.27. The molecule has 3 heteroatoms. The Hall–Kier alpha value is -0.570. The molecule has 0 spiro atoms. The third-order valence-corrected chi connectivity index (χ3v) is 10.2. The Morgan fingerprint density at radius 1 is 0.432 bits per heavy atom. The van der Waals surface area contributed by atoms with Gasteiger partial charge in [0.1, 0.15) is 0 Å². The van der Waals surface area contributed by atoms with Crippen molar-refractivity contribution in [1.29, 1.82) is 0 Å². The highest BCUT2D eigenvalue weighted by molar-refractivity contribution is 5.75. The molecule has 0 aliphatic heterocycles. The predicted molar refractivity (Wildman–Crippen MR) is 198 cm³/mol. The number of hydrogen-bond acceptors (Lipinski definition) is 1. The summed E-state index contributed by atoms with van der Waals surface area (Å²) in [6.45, 7) is 7.98. The fourth-order valence-electron chi connectivity index (χ4n) is 6.91. The summed E-state index contributed by atoms with van der Waals surface area (Å²) in [5, 5.41) is 3.39. The zero-order valence-corrected chi connectivity index (χ0v) is 31.5. The lowest BCUT2D eigenvalue weighted by atomic mass is 10.0. The zero-order chi connectivity index (χ0) is 32.4. The Balaban J connectivity index is 3.63. The third kappa shape index (κ3) is 30.1. The second-order valence-corrected chi connectivity index (χ2v) is 15.0. The normalized spacial score (nSPS) is 12.6. The molecule has 0 fully saturated rings. The first-order valence-corrected chi connectivity index (χ1v) is 20.6. The second-order valence-electron chi connectivity index (χ2n) is 15.0. The first-order valence-electron chi connectivity index (χ1n) is 20.6. The number of amides is 1. The number of carbonyl (C=O) groups excluding carboxylic acids is 1. The Bertz CT molecular complexity index is 575. The molecular formula is C41H85N2O+. The third-order valence-electron chi connectivity index (χ3n) is 10.2. The van der Waals surface area contributed by atoms with E-state index in [-0.39, 0.29) is 12.1 Å². The van der Waals surface area contributed by atoms with Gasteiger partial charge in [-0.1, -0.05) is 201 Å². The summed E-state index contributed by atoms with van der Waals surface area (Å²) in [5.41, 5.74) is 0. The number of nitrogens with one attached hydrogen (secondary N) is 1. The molecule has 0 aliphatic carbocycles. The second kappa shape index (κ2) is 33.8. The van der Waals surface area contributed by atoms with Crippen LogP contribution in [0.25, 0.3) is 0 Å². The van der Waals surface area contributed by atoms with E-state index in [9.17, 15) is 4.79 Å². The van der Waals surface area contributed by atoms with Crippen LogP contribution < -0.4 is 5.32 Å². The number of unbranched alkanes of at least 4 members (excludes halogenated alkanes) is 29. The summed E-state index contributed by atoms with van der Waals surface area (Å²) in [6, 6.07) is 0. The van der Waals surface area contributed by atoms with Crippen LogP contribution in [0.15, 0.2) is 0 Å². The molecule has 3 nitrogen and oxygen atoms in total. The maximum Gasteiger partial charge on any atom is 0.224 e. The molecule has 1 unspecified atom stereocenters. The van der Waals surface area contributed by atoms with Gasteiger partial charge in [0.05, 0.1) is 20.6 Å². The lowest BCUT2D eigenvalue weighted by Crippen LogP contribution is -2.57. The maximum atomic E-state index is 12.7. The average molecular weight is 622 g/mol. The number of rotatable bonds is 36. The van der Waals surface area contributed by atoms with Crippen LogP contribution >= 0.6 is 0 Å². The van der Waals surface area contributed by atoms with E-state index in [0.717, 1.165) is 23.9 Å². The number of quaternary nitrogens is 1. The van der Waals surface area contributed by atoms with Gasteiger partial charge in [-0.15, -0.1) is 0 Å². The van der Waals surface area contributed by atoms with E-state index in [2.05, 4.69) is 40.2 Å². The van der Waals surface area contributed by atoms with Crippen LogP contribution in [0.5, 0.6) is 0 Å². The van der Waals surface area contributed by atoms with Crippen molar-refractivity contribution in [2.45, 2.75) is 239 Å². The summed E-state index contributed by atoms with van der Waals surface area (Å²) in [6.07, 6.45) is 45.1. The van der Waals surface area contributed by atoms with Gasteiger partial charge in [0.2, 0.25) is 5.91 Å². The fraction of sp³-hybridized carbons (Fsp3) is 0.976. The fourth-order valence-corrected chi connectivity index (χ4v) is 6.91. The van der Waals surface area contributed by atoms with E-state index >= 15 is 0 Å². The molecule has 264 valence electrons. The van der Waals surface area contributed by atoms with Gasteiger partial charge in [-0.05, 0) is 19.3 Å². The van der Waals surface area contributed by atoms with Crippen LogP contribution in [0, 0.1) is 0 Å². The monoisotopic (exact) mass is 622 g/mol. The molecule has 0 aromatic carbocycles. The van der Waals surface area contributed by atoms with Crippen molar-refractivity contribution in [2.24, 2.45) is 0 Å². The standard InChI is InChI=1S/C41H84N2O/c1-6-9-11-13-15-17-19-21-23-25-27-29-31-33-35-37-39-43(4,5)40(8-3)42-41(44)38-36-34-32-30-28-26-24-22-20-18-16-14-12-10-7-2/h40H,6-39H2,1-5H3/p+1. The molecule has 0 saturated carbocycles. The smallest absolute Gasteiger partial charge is 0.224 e. The molecule has 44 heavy (non-hydrogen) atoms. The zero-order valence-electron chi connectivity index (χ0n) is 31.5. The van der Waals surface area contributed by atoms with E-state index in [1.807, 2.05) is 0 Å². The quantitative estimate of drug-likeness (QED) is 0.0421. The first kappa shape index (κ1) is 43.4. The lowest BCUT2D eigenvalue weighted by molar-refractivity contribution is -0.917. The van der Waals surface area contributed by atoms with Gasteiger partial charge in [0, 0.05) is 12.8 Å². The molecule has 1 atom stereocenters. The van der Waals surface area contributed by atoms with Crippen molar-refractivity contribution in [3.05, 3.63) is 0 Å². The van der Waals surface area contributed by atoms with Crippen LogP contribution in [-0.2, 0) is 4.79 Å². The van der Waals surface area contributed by atoms with Crippen LogP contribution in [0.3, 0.4) is 0 Å². The van der Waals surface area contributed by atoms with E-state index in [1.165, 1.54) is 193 Å². The minimum atomic E-state index is 0.246. The van der Waals surface area contributed by atoms with E-state index in [1.54, 1.807) is 0 Å². The van der Waals surface area contributed by atoms with Crippen LogP contribution in [0.4, 0.5) is 0 Å². The minimum absolute atomic E-state index is 0.246. The summed E-state index contributed by atoms with van der Waals surface area (Å²) >= 11 is 0. The lowest BCUT2D eigenvalue weighted by Gasteiger charge is -2.38. The van der Waals surface area contributed by atoms with Gasteiger partial charge in [0.15, 0.2) is 6.17 Å². The number of hydrogen-bond donors (Lipinski definition) is 1. The van der Waals surface area contributed by atoms with Gasteiger partial charge in [0.25, 0.3) is 0 Å². The van der Waals surface area contributed by atoms with Gasteiger partial charge in [-0.3, -0.25) is 4.79 Å². The Labute approximate surface area is 279 Å². The Morgan fingerprint density at radius 2 is 0.705 bits per heavy atom. The maximum absolute atomic E-state index is 12.7. The first-order chi connectivity index (χ1) is 21.5. The van der Waals surface area contributed by atoms with Crippen LogP contribution in [0.1, 0.15) is 233 Å². The molecule has 0 bridgehead atoms. The van der Waals surface area contributed by atoms with Crippen molar-refractivity contribution < 1.29 is 9.28 Å². The highest BCUT2D eigenvalue weighted by atomic mass is 16.1. The molecule has 0 rings (SSSR count). The molecule has 1 N–H and O–H groups in total. The van der Waals surface area contributed by atoms with Crippen molar-refractivity contribution in [3.8, 4) is 0 Å². The van der Waals surface area contributed by atoms with Crippen LogP contribution in [-0.4, -0.2) is 37.2 Å². The highest BCUT2D eigenvalue weighted by Crippen LogP contribution is 2.17. The largest absolute Gasteiger partial charge is 0.309 e. The van der Waals surface area contributed by atoms with Crippen molar-refractivity contribution in [2.75, 3.05) is 20.6 Å². The Kier molecular flexibility index (Phi) is 33.3. The molecular weight excluding hydrogens is 536 g/mol. The number of nitrogens with zero attached hydrogens (tertiary/aromatic N) is 1. The van der Waals surface area contributed by atoms with Gasteiger partial charge in [-0.25, -0.2) is 0 Å².